The first kappa shape index (κ1) is 16.3. The minimum Gasteiger partial charge on any atom is -0.316 e. The van der Waals surface area contributed by atoms with Gasteiger partial charge in [-0.15, -0.1) is 10.2 Å². The highest BCUT2D eigenvalue weighted by atomic mass is 32.2. The zero-order valence-corrected chi connectivity index (χ0v) is 15.0. The molecule has 3 aromatic heterocycles. The molecule has 0 amide bonds. The molecule has 132 valence electrons. The fourth-order valence-electron chi connectivity index (χ4n) is 3.13. The number of thioether (sulfide) groups is 1. The number of nitrogens with one attached hydrogen (secondary N) is 2. The van der Waals surface area contributed by atoms with Gasteiger partial charge in [0.25, 0.3) is 11.3 Å². The zero-order chi connectivity index (χ0) is 17.4. The van der Waals surface area contributed by atoms with Gasteiger partial charge in [-0.05, 0) is 26.3 Å². The maximum absolute atomic E-state index is 12.1. The van der Waals surface area contributed by atoms with Crippen molar-refractivity contribution >= 4 is 17.5 Å². The Hall–Kier alpha value is -2.20. The van der Waals surface area contributed by atoms with Crippen molar-refractivity contribution in [2.75, 3.05) is 13.1 Å². The molecule has 25 heavy (non-hydrogen) atoms. The van der Waals surface area contributed by atoms with Gasteiger partial charge in [-0.25, -0.2) is 4.98 Å². The molecule has 0 bridgehead atoms. The summed E-state index contributed by atoms with van der Waals surface area (Å²) in [5, 5.41) is 15.8. The molecule has 4 rings (SSSR count). The summed E-state index contributed by atoms with van der Waals surface area (Å²) in [6, 6.07) is 1.53. The molecule has 0 aliphatic carbocycles. The number of nitrogens with zero attached hydrogens (tertiary/aromatic N) is 6. The molecule has 0 radical (unpaired) electrons. The molecule has 0 saturated carbocycles. The van der Waals surface area contributed by atoms with Gasteiger partial charge in [0.2, 0.25) is 0 Å². The van der Waals surface area contributed by atoms with E-state index < -0.39 is 0 Å². The molecule has 2 N–H and O–H groups in total. The van der Waals surface area contributed by atoms with Crippen LogP contribution in [0.5, 0.6) is 0 Å². The van der Waals surface area contributed by atoms with Crippen molar-refractivity contribution in [1.82, 2.24) is 39.7 Å². The molecule has 0 aromatic carbocycles. The second-order valence-corrected chi connectivity index (χ2v) is 7.20. The van der Waals surface area contributed by atoms with E-state index in [-0.39, 0.29) is 5.56 Å². The average molecular weight is 360 g/mol. The summed E-state index contributed by atoms with van der Waals surface area (Å²) in [6.45, 7) is 3.82. The molecular weight excluding hydrogens is 340 g/mol. The number of rotatable bonds is 4. The third kappa shape index (κ3) is 3.19. The van der Waals surface area contributed by atoms with Crippen LogP contribution in [0.15, 0.2) is 16.0 Å². The Labute approximate surface area is 148 Å². The summed E-state index contributed by atoms with van der Waals surface area (Å²) in [7, 11) is 1.99. The Morgan fingerprint density at radius 1 is 1.36 bits per heavy atom. The molecule has 1 aliphatic rings. The lowest BCUT2D eigenvalue weighted by molar-refractivity contribution is 0.436. The standard InChI is InChI=1S/C15H20N8OS/c1-9-17-14-18-11(6-12(24)23(14)21-9)8-25-15-20-19-13(22(15)2)10-4-3-5-16-7-10/h6,10,16H,3-5,7-8H2,1-2H3,(H,17,18,21). The summed E-state index contributed by atoms with van der Waals surface area (Å²) in [5.74, 6) is 3.03. The lowest BCUT2D eigenvalue weighted by atomic mass is 9.99. The van der Waals surface area contributed by atoms with Gasteiger partial charge >= 0.3 is 0 Å². The summed E-state index contributed by atoms with van der Waals surface area (Å²) in [5.41, 5.74) is 0.526. The lowest BCUT2D eigenvalue weighted by Crippen LogP contribution is -2.29. The van der Waals surface area contributed by atoms with Crippen LogP contribution in [0.1, 0.15) is 36.1 Å². The highest BCUT2D eigenvalue weighted by Crippen LogP contribution is 2.26. The molecule has 10 heteroatoms. The largest absolute Gasteiger partial charge is 0.316 e. The van der Waals surface area contributed by atoms with Gasteiger partial charge in [-0.3, -0.25) is 9.89 Å². The van der Waals surface area contributed by atoms with Gasteiger partial charge < -0.3 is 9.88 Å². The first-order valence-electron chi connectivity index (χ1n) is 8.30. The van der Waals surface area contributed by atoms with Crippen LogP contribution in [0.2, 0.25) is 0 Å². The number of H-pyrrole nitrogens is 1. The Morgan fingerprint density at radius 2 is 2.24 bits per heavy atom. The van der Waals surface area contributed by atoms with E-state index >= 15 is 0 Å². The Morgan fingerprint density at radius 3 is 3.04 bits per heavy atom. The quantitative estimate of drug-likeness (QED) is 0.657. The third-order valence-electron chi connectivity index (χ3n) is 4.38. The van der Waals surface area contributed by atoms with E-state index in [4.69, 9.17) is 0 Å². The van der Waals surface area contributed by atoms with E-state index in [1.807, 2.05) is 11.6 Å². The first-order valence-corrected chi connectivity index (χ1v) is 9.28. The Balaban J connectivity index is 1.51. The number of fused-ring (bicyclic) bond motifs is 1. The number of hydrogen-bond donors (Lipinski definition) is 2. The Bertz CT molecular complexity index is 952. The number of aromatic amines is 1. The highest BCUT2D eigenvalue weighted by Gasteiger charge is 2.21. The van der Waals surface area contributed by atoms with E-state index in [0.29, 0.717) is 29.0 Å². The maximum atomic E-state index is 12.1. The van der Waals surface area contributed by atoms with E-state index in [9.17, 15) is 4.79 Å². The highest BCUT2D eigenvalue weighted by molar-refractivity contribution is 7.98. The van der Waals surface area contributed by atoms with Crippen LogP contribution in [-0.4, -0.2) is 47.4 Å². The molecule has 1 aliphatic heterocycles. The number of aromatic nitrogens is 7. The van der Waals surface area contributed by atoms with Crippen LogP contribution in [0.4, 0.5) is 0 Å². The number of piperidine rings is 1. The van der Waals surface area contributed by atoms with Crippen LogP contribution < -0.4 is 10.9 Å². The first-order chi connectivity index (χ1) is 12.1. The summed E-state index contributed by atoms with van der Waals surface area (Å²) < 4.78 is 3.40. The fourth-order valence-corrected chi connectivity index (χ4v) is 3.94. The van der Waals surface area contributed by atoms with Crippen LogP contribution in [-0.2, 0) is 12.8 Å². The normalized spacial score (nSPS) is 18.1. The molecule has 1 atom stereocenters. The van der Waals surface area contributed by atoms with Gasteiger partial charge in [-0.2, -0.15) is 9.50 Å². The predicted octanol–water partition coefficient (Wildman–Crippen LogP) is 0.614. The molecule has 4 heterocycles. The number of hydrogen-bond acceptors (Lipinski definition) is 7. The molecular formula is C15H20N8OS. The number of aryl methyl sites for hydroxylation is 1. The van der Waals surface area contributed by atoms with Crippen molar-refractivity contribution < 1.29 is 0 Å². The minimum absolute atomic E-state index is 0.159. The molecule has 1 fully saturated rings. The van der Waals surface area contributed by atoms with Gasteiger partial charge in [-0.1, -0.05) is 11.8 Å². The van der Waals surface area contributed by atoms with Crippen molar-refractivity contribution in [2.45, 2.75) is 36.6 Å². The third-order valence-corrected chi connectivity index (χ3v) is 5.43. The van der Waals surface area contributed by atoms with Gasteiger partial charge in [0.05, 0.1) is 5.69 Å². The average Bonchev–Trinajstić information content (AvgIpc) is 3.16. The van der Waals surface area contributed by atoms with Crippen LogP contribution in [0.3, 0.4) is 0 Å². The maximum Gasteiger partial charge on any atom is 0.274 e. The second-order valence-electron chi connectivity index (χ2n) is 6.26. The second kappa shape index (κ2) is 6.60. The topological polar surface area (TPSA) is 106 Å². The van der Waals surface area contributed by atoms with Gasteiger partial charge in [0, 0.05) is 31.3 Å². The van der Waals surface area contributed by atoms with E-state index in [1.165, 1.54) is 22.3 Å². The van der Waals surface area contributed by atoms with Gasteiger partial charge in [0.1, 0.15) is 11.6 Å². The predicted molar refractivity (Wildman–Crippen MR) is 93.8 cm³/mol. The van der Waals surface area contributed by atoms with Crippen LogP contribution in [0.25, 0.3) is 5.78 Å². The SMILES string of the molecule is Cc1nc2nc(CSc3nnc(C4CCCNC4)n3C)cc(=O)n2[nH]1. The van der Waals surface area contributed by atoms with Crippen molar-refractivity contribution in [3.05, 3.63) is 33.8 Å². The molecule has 0 spiro atoms. The van der Waals surface area contributed by atoms with Crippen molar-refractivity contribution in [3.63, 3.8) is 0 Å². The zero-order valence-electron chi connectivity index (χ0n) is 14.2. The smallest absolute Gasteiger partial charge is 0.274 e. The van der Waals surface area contributed by atoms with Crippen LogP contribution >= 0.6 is 11.8 Å². The summed E-state index contributed by atoms with van der Waals surface area (Å²) in [6.07, 6.45) is 2.30. The minimum atomic E-state index is -0.159. The van der Waals surface area contributed by atoms with Crippen molar-refractivity contribution in [1.29, 1.82) is 0 Å². The van der Waals surface area contributed by atoms with Crippen molar-refractivity contribution in [2.24, 2.45) is 7.05 Å². The monoisotopic (exact) mass is 360 g/mol. The molecule has 1 unspecified atom stereocenters. The van der Waals surface area contributed by atoms with Crippen LogP contribution in [0, 0.1) is 6.92 Å². The fraction of sp³-hybridized carbons (Fsp3) is 0.533. The molecule has 1 saturated heterocycles. The summed E-state index contributed by atoms with van der Waals surface area (Å²) >= 11 is 1.53. The summed E-state index contributed by atoms with van der Waals surface area (Å²) in [4.78, 5) is 20.8. The van der Waals surface area contributed by atoms with Crippen molar-refractivity contribution in [3.8, 4) is 0 Å². The van der Waals surface area contributed by atoms with Gasteiger partial charge in [0.15, 0.2) is 5.16 Å². The Kier molecular flexibility index (Phi) is 4.30. The lowest BCUT2D eigenvalue weighted by Gasteiger charge is -2.21. The van der Waals surface area contributed by atoms with E-state index in [1.54, 1.807) is 6.92 Å². The molecule has 9 nitrogen and oxygen atoms in total. The van der Waals surface area contributed by atoms with E-state index in [2.05, 4.69) is 30.6 Å². The van der Waals surface area contributed by atoms with E-state index in [0.717, 1.165) is 36.9 Å². The molecule has 3 aromatic rings.